The number of hydrogen-bond donors (Lipinski definition) is 1. The van der Waals surface area contributed by atoms with E-state index >= 15 is 0 Å². The minimum absolute atomic E-state index is 0.310. The lowest BCUT2D eigenvalue weighted by molar-refractivity contribution is 0.626. The number of imidazole rings is 1. The first-order chi connectivity index (χ1) is 11.4. The first-order valence-electron chi connectivity index (χ1n) is 7.57. The molecule has 1 aromatic carbocycles. The Morgan fingerprint density at radius 3 is 2.67 bits per heavy atom. The lowest BCUT2D eigenvalue weighted by Gasteiger charge is -2.22. The third-order valence-electron chi connectivity index (χ3n) is 4.11. The van der Waals surface area contributed by atoms with Gasteiger partial charge in [0, 0.05) is 26.3 Å². The average molecular weight is 331 g/mol. The van der Waals surface area contributed by atoms with Crippen LogP contribution in [0.4, 0.5) is 10.1 Å². The summed E-state index contributed by atoms with van der Waals surface area (Å²) in [4.78, 5) is 32.4. The maximum atomic E-state index is 13.5. The number of benzene rings is 1. The third kappa shape index (κ3) is 2.60. The van der Waals surface area contributed by atoms with E-state index in [1.54, 1.807) is 24.7 Å². The summed E-state index contributed by atoms with van der Waals surface area (Å²) in [6.07, 6.45) is 0. The first-order valence-corrected chi connectivity index (χ1v) is 7.57. The van der Waals surface area contributed by atoms with Gasteiger partial charge in [0.1, 0.15) is 11.6 Å². The van der Waals surface area contributed by atoms with Crippen molar-refractivity contribution < 1.29 is 4.39 Å². The van der Waals surface area contributed by atoms with Gasteiger partial charge in [-0.3, -0.25) is 14.3 Å². The lowest BCUT2D eigenvalue weighted by Crippen LogP contribution is -2.29. The minimum atomic E-state index is -0.505. The Hall–Kier alpha value is -2.90. The molecule has 0 radical (unpaired) electrons. The van der Waals surface area contributed by atoms with Crippen LogP contribution in [0.25, 0.3) is 11.2 Å². The molecule has 0 saturated carbocycles. The number of rotatable bonds is 4. The van der Waals surface area contributed by atoms with Crippen LogP contribution in [-0.4, -0.2) is 25.6 Å². The molecule has 0 amide bonds. The van der Waals surface area contributed by atoms with Crippen molar-refractivity contribution in [2.24, 2.45) is 14.1 Å². The predicted molar refractivity (Wildman–Crippen MR) is 89.7 cm³/mol. The number of halogens is 1. The number of aromatic nitrogens is 4. The summed E-state index contributed by atoms with van der Waals surface area (Å²) in [6, 6.07) is 6.31. The Kier molecular flexibility index (Phi) is 3.96. The van der Waals surface area contributed by atoms with E-state index in [4.69, 9.17) is 0 Å². The molecule has 2 heterocycles. The van der Waals surface area contributed by atoms with Crippen LogP contribution in [0.5, 0.6) is 0 Å². The monoisotopic (exact) mass is 331 g/mol. The van der Waals surface area contributed by atoms with E-state index in [1.807, 2.05) is 17.9 Å². The van der Waals surface area contributed by atoms with E-state index in [0.717, 1.165) is 5.69 Å². The second-order valence-electron chi connectivity index (χ2n) is 5.57. The molecule has 24 heavy (non-hydrogen) atoms. The van der Waals surface area contributed by atoms with Crippen molar-refractivity contribution >= 4 is 16.9 Å². The Morgan fingerprint density at radius 2 is 2.00 bits per heavy atom. The molecule has 0 aliphatic carbocycles. The fourth-order valence-corrected chi connectivity index (χ4v) is 2.72. The van der Waals surface area contributed by atoms with Gasteiger partial charge in [0.15, 0.2) is 11.2 Å². The van der Waals surface area contributed by atoms with Crippen molar-refractivity contribution in [2.75, 3.05) is 11.4 Å². The Balaban J connectivity index is 2.08. The molecular formula is C16H18FN5O2. The maximum Gasteiger partial charge on any atom is 0.329 e. The average Bonchev–Trinajstić information content (AvgIpc) is 2.87. The summed E-state index contributed by atoms with van der Waals surface area (Å²) in [5, 5.41) is 0. The van der Waals surface area contributed by atoms with Crippen LogP contribution in [-0.2, 0) is 20.6 Å². The van der Waals surface area contributed by atoms with Gasteiger partial charge in [-0.15, -0.1) is 0 Å². The highest BCUT2D eigenvalue weighted by Crippen LogP contribution is 2.19. The van der Waals surface area contributed by atoms with E-state index in [2.05, 4.69) is 9.97 Å². The number of anilines is 1. The first kappa shape index (κ1) is 16.0. The highest BCUT2D eigenvalue weighted by Gasteiger charge is 2.17. The van der Waals surface area contributed by atoms with Gasteiger partial charge in [0.25, 0.3) is 5.56 Å². The van der Waals surface area contributed by atoms with Crippen LogP contribution in [0.1, 0.15) is 12.7 Å². The van der Waals surface area contributed by atoms with Gasteiger partial charge >= 0.3 is 5.69 Å². The molecule has 0 spiro atoms. The smallest absolute Gasteiger partial charge is 0.329 e. The van der Waals surface area contributed by atoms with Gasteiger partial charge in [0.2, 0.25) is 0 Å². The molecule has 7 nitrogen and oxygen atoms in total. The van der Waals surface area contributed by atoms with E-state index in [0.29, 0.717) is 30.1 Å². The van der Waals surface area contributed by atoms with Gasteiger partial charge in [0.05, 0.1) is 6.54 Å². The highest BCUT2D eigenvalue weighted by molar-refractivity contribution is 5.70. The van der Waals surface area contributed by atoms with Gasteiger partial charge in [-0.1, -0.05) is 6.07 Å². The number of nitrogens with zero attached hydrogens (tertiary/aromatic N) is 4. The summed E-state index contributed by atoms with van der Waals surface area (Å²) in [7, 11) is 3.28. The zero-order chi connectivity index (χ0) is 17.4. The van der Waals surface area contributed by atoms with Crippen LogP contribution in [0.2, 0.25) is 0 Å². The standard InChI is InChI=1S/C16H18FN5O2/c1-4-22(11-7-5-6-10(17)8-11)9-12-18-14-13(20(12)2)15(23)19-16(24)21(14)3/h5-8H,4,9H2,1-3H3,(H,19,23,24). The van der Waals surface area contributed by atoms with Crippen molar-refractivity contribution in [2.45, 2.75) is 13.5 Å². The molecular weight excluding hydrogens is 313 g/mol. The van der Waals surface area contributed by atoms with Crippen molar-refractivity contribution in [1.29, 1.82) is 0 Å². The third-order valence-corrected chi connectivity index (χ3v) is 4.11. The summed E-state index contributed by atoms with van der Waals surface area (Å²) < 4.78 is 16.4. The molecule has 0 saturated heterocycles. The van der Waals surface area contributed by atoms with E-state index in [1.165, 1.54) is 16.7 Å². The molecule has 0 atom stereocenters. The molecule has 126 valence electrons. The normalized spacial score (nSPS) is 11.2. The number of nitrogens with one attached hydrogen (secondary N) is 1. The quantitative estimate of drug-likeness (QED) is 0.777. The number of aromatic amines is 1. The number of aryl methyl sites for hydroxylation is 2. The van der Waals surface area contributed by atoms with Crippen LogP contribution in [0.15, 0.2) is 33.9 Å². The van der Waals surface area contributed by atoms with Crippen molar-refractivity contribution in [3.8, 4) is 0 Å². The summed E-state index contributed by atoms with van der Waals surface area (Å²) in [5.74, 6) is 0.303. The number of hydrogen-bond acceptors (Lipinski definition) is 4. The second-order valence-corrected chi connectivity index (χ2v) is 5.57. The molecule has 8 heteroatoms. The van der Waals surface area contributed by atoms with Crippen LogP contribution >= 0.6 is 0 Å². The summed E-state index contributed by atoms with van der Waals surface area (Å²) in [6.45, 7) is 2.98. The molecule has 2 aromatic heterocycles. The van der Waals surface area contributed by atoms with Crippen molar-refractivity contribution in [3.05, 3.63) is 56.7 Å². The lowest BCUT2D eigenvalue weighted by atomic mass is 10.2. The summed E-state index contributed by atoms with van der Waals surface area (Å²) >= 11 is 0. The second kappa shape index (κ2) is 5.95. The van der Waals surface area contributed by atoms with E-state index < -0.39 is 11.2 Å². The Bertz CT molecular complexity index is 1020. The van der Waals surface area contributed by atoms with E-state index in [9.17, 15) is 14.0 Å². The molecule has 1 N–H and O–H groups in total. The SMILES string of the molecule is CCN(Cc1nc2c(c(=O)[nH]c(=O)n2C)n1C)c1cccc(F)c1. The maximum absolute atomic E-state index is 13.5. The topological polar surface area (TPSA) is 75.9 Å². The summed E-state index contributed by atoms with van der Waals surface area (Å²) in [5.41, 5.74) is 0.420. The van der Waals surface area contributed by atoms with Gasteiger partial charge in [-0.2, -0.15) is 0 Å². The zero-order valence-corrected chi connectivity index (χ0v) is 13.7. The minimum Gasteiger partial charge on any atom is -0.364 e. The van der Waals surface area contributed by atoms with Crippen LogP contribution in [0, 0.1) is 5.82 Å². The van der Waals surface area contributed by atoms with Crippen molar-refractivity contribution in [1.82, 2.24) is 19.1 Å². The van der Waals surface area contributed by atoms with Gasteiger partial charge in [-0.25, -0.2) is 14.2 Å². The molecule has 0 fully saturated rings. The molecule has 0 aliphatic rings. The molecule has 0 bridgehead atoms. The highest BCUT2D eigenvalue weighted by atomic mass is 19.1. The number of H-pyrrole nitrogens is 1. The Labute approximate surface area is 137 Å². The fraction of sp³-hybridized carbons (Fsp3) is 0.312. The van der Waals surface area contributed by atoms with Crippen molar-refractivity contribution in [3.63, 3.8) is 0 Å². The fourth-order valence-electron chi connectivity index (χ4n) is 2.72. The van der Waals surface area contributed by atoms with Crippen LogP contribution < -0.4 is 16.1 Å². The van der Waals surface area contributed by atoms with E-state index in [-0.39, 0.29) is 5.82 Å². The Morgan fingerprint density at radius 1 is 1.25 bits per heavy atom. The molecule has 3 rings (SSSR count). The van der Waals surface area contributed by atoms with Gasteiger partial charge < -0.3 is 9.47 Å². The molecule has 0 aliphatic heterocycles. The van der Waals surface area contributed by atoms with Crippen LogP contribution in [0.3, 0.4) is 0 Å². The zero-order valence-electron chi connectivity index (χ0n) is 13.7. The molecule has 0 unspecified atom stereocenters. The molecule has 3 aromatic rings. The largest absolute Gasteiger partial charge is 0.364 e. The predicted octanol–water partition coefficient (Wildman–Crippen LogP) is 1.13. The van der Waals surface area contributed by atoms with Gasteiger partial charge in [-0.05, 0) is 25.1 Å². The number of fused-ring (bicyclic) bond motifs is 1.